The van der Waals surface area contributed by atoms with Gasteiger partial charge in [-0.15, -0.1) is 0 Å². The predicted molar refractivity (Wildman–Crippen MR) is 126 cm³/mol. The fourth-order valence-corrected chi connectivity index (χ4v) is 7.15. The molecule has 0 bridgehead atoms. The molecular weight excluding hydrogens is 406 g/mol. The number of nitrogens with one attached hydrogen (secondary N) is 1. The van der Waals surface area contributed by atoms with Crippen molar-refractivity contribution in [1.82, 2.24) is 0 Å². The highest BCUT2D eigenvalue weighted by Crippen LogP contribution is 2.34. The van der Waals surface area contributed by atoms with Crippen LogP contribution in [0.4, 0.5) is 5.69 Å². The number of amides is 1. The Morgan fingerprint density at radius 2 is 1.81 bits per heavy atom. The maximum atomic E-state index is 12.8. The van der Waals surface area contributed by atoms with Crippen molar-refractivity contribution in [2.45, 2.75) is 38.9 Å². The molecule has 0 radical (unpaired) electrons. The molecular formula is C25H29NO4Si. The number of anilines is 1. The molecule has 4 rings (SSSR count). The first kappa shape index (κ1) is 21.2. The molecule has 1 aromatic heterocycles. The molecule has 0 saturated carbocycles. The van der Waals surface area contributed by atoms with Crippen LogP contribution in [0.25, 0.3) is 0 Å². The van der Waals surface area contributed by atoms with Gasteiger partial charge in [-0.1, -0.05) is 36.5 Å². The first-order chi connectivity index (χ1) is 14.8. The number of hydrogen-bond acceptors (Lipinski definition) is 4. The second-order valence-electron chi connectivity index (χ2n) is 8.75. The largest absolute Gasteiger partial charge is 0.494 e. The van der Waals surface area contributed by atoms with E-state index in [1.807, 2.05) is 6.07 Å². The monoisotopic (exact) mass is 435 g/mol. The first-order valence-electron chi connectivity index (χ1n) is 10.6. The molecule has 0 spiro atoms. The second-order valence-corrected chi connectivity index (χ2v) is 13.6. The van der Waals surface area contributed by atoms with Crippen LogP contribution in [0.15, 0.2) is 46.9 Å². The van der Waals surface area contributed by atoms with Gasteiger partial charge in [0.1, 0.15) is 22.9 Å². The summed E-state index contributed by atoms with van der Waals surface area (Å²) in [6.07, 6.45) is 1.88. The molecule has 2 aromatic carbocycles. The van der Waals surface area contributed by atoms with Crippen LogP contribution in [0.1, 0.15) is 33.0 Å². The fourth-order valence-electron chi connectivity index (χ4n) is 4.35. The highest BCUT2D eigenvalue weighted by molar-refractivity contribution is 6.91. The Morgan fingerprint density at radius 1 is 1.10 bits per heavy atom. The van der Waals surface area contributed by atoms with Crippen molar-refractivity contribution >= 4 is 24.9 Å². The van der Waals surface area contributed by atoms with Crippen LogP contribution >= 0.6 is 0 Å². The molecule has 0 saturated heterocycles. The number of para-hydroxylation sites is 1. The van der Waals surface area contributed by atoms with Crippen molar-refractivity contribution in [3.63, 3.8) is 0 Å². The number of ether oxygens (including phenoxy) is 2. The van der Waals surface area contributed by atoms with Crippen LogP contribution in [-0.4, -0.2) is 28.2 Å². The molecule has 3 aromatic rings. The lowest BCUT2D eigenvalue weighted by Gasteiger charge is -2.18. The van der Waals surface area contributed by atoms with Crippen LogP contribution < -0.4 is 20.0 Å². The molecule has 0 atom stereocenters. The zero-order valence-corrected chi connectivity index (χ0v) is 19.8. The third-order valence-electron chi connectivity index (χ3n) is 6.23. The summed E-state index contributed by atoms with van der Waals surface area (Å²) in [5.74, 6) is 1.75. The van der Waals surface area contributed by atoms with Gasteiger partial charge in [0, 0.05) is 6.42 Å². The number of hydrogen-bond donors (Lipinski definition) is 1. The molecule has 0 aliphatic carbocycles. The zero-order chi connectivity index (χ0) is 22.2. The summed E-state index contributed by atoms with van der Waals surface area (Å²) in [5, 5.41) is 4.42. The quantitative estimate of drug-likeness (QED) is 0.558. The van der Waals surface area contributed by atoms with Crippen LogP contribution in [0.5, 0.6) is 11.5 Å². The summed E-state index contributed by atoms with van der Waals surface area (Å²) >= 11 is 0. The Hall–Kier alpha value is -2.99. The highest BCUT2D eigenvalue weighted by Gasteiger charge is 2.32. The van der Waals surface area contributed by atoms with Crippen molar-refractivity contribution in [3.05, 3.63) is 70.7 Å². The third kappa shape index (κ3) is 4.12. The topological polar surface area (TPSA) is 60.7 Å². The lowest BCUT2D eigenvalue weighted by molar-refractivity contribution is 0.0994. The first-order valence-corrected chi connectivity index (χ1v) is 13.8. The molecule has 0 fully saturated rings. The van der Waals surface area contributed by atoms with E-state index in [2.05, 4.69) is 37.5 Å². The highest BCUT2D eigenvalue weighted by atomic mass is 28.3. The van der Waals surface area contributed by atoms with Gasteiger partial charge in [0.15, 0.2) is 5.76 Å². The molecule has 162 valence electrons. The molecule has 1 amide bonds. The van der Waals surface area contributed by atoms with Gasteiger partial charge >= 0.3 is 0 Å². The number of rotatable bonds is 6. The van der Waals surface area contributed by atoms with Gasteiger partial charge in [-0.05, 0) is 60.3 Å². The summed E-state index contributed by atoms with van der Waals surface area (Å²) in [4.78, 5) is 12.8. The number of fused-ring (bicyclic) bond motifs is 1. The van der Waals surface area contributed by atoms with Crippen LogP contribution in [0, 0.1) is 6.92 Å². The van der Waals surface area contributed by atoms with Gasteiger partial charge in [0.25, 0.3) is 5.91 Å². The molecule has 31 heavy (non-hydrogen) atoms. The van der Waals surface area contributed by atoms with Gasteiger partial charge < -0.3 is 19.2 Å². The average Bonchev–Trinajstić information content (AvgIpc) is 3.33. The van der Waals surface area contributed by atoms with E-state index in [9.17, 15) is 4.79 Å². The standard InChI is InChI=1S/C25H29NO4Si/c1-16-13-17-11-12-31(4,5)23(17)15-18(16)14-19-9-10-22(30-19)25(27)26-24-20(28-2)7-6-8-21(24)29-3/h6-10,13,15H,11-12,14H2,1-5H3,(H,26,27). The number of methoxy groups -OCH3 is 2. The number of aryl methyl sites for hydroxylation is 2. The van der Waals surface area contributed by atoms with Crippen LogP contribution in [0.3, 0.4) is 0 Å². The SMILES string of the molecule is COc1cccc(OC)c1NC(=O)c1ccc(Cc2cc3c(cc2C)CC[Si]3(C)C)o1. The van der Waals surface area contributed by atoms with Crippen molar-refractivity contribution in [2.24, 2.45) is 0 Å². The Kier molecular flexibility index (Phi) is 5.67. The van der Waals surface area contributed by atoms with E-state index in [1.165, 1.54) is 29.2 Å². The summed E-state index contributed by atoms with van der Waals surface area (Å²) in [5.41, 5.74) is 4.56. The maximum absolute atomic E-state index is 12.8. The molecule has 1 aliphatic heterocycles. The number of benzene rings is 2. The average molecular weight is 436 g/mol. The summed E-state index contributed by atoms with van der Waals surface area (Å²) in [6.45, 7) is 7.05. The lowest BCUT2D eigenvalue weighted by Crippen LogP contribution is -2.38. The van der Waals surface area contributed by atoms with E-state index in [0.717, 1.165) is 5.76 Å². The van der Waals surface area contributed by atoms with Gasteiger partial charge in [0.05, 0.1) is 22.3 Å². The Balaban J connectivity index is 1.54. The summed E-state index contributed by atoms with van der Waals surface area (Å²) < 4.78 is 16.6. The second kappa shape index (κ2) is 8.27. The van der Waals surface area contributed by atoms with Gasteiger partial charge in [-0.3, -0.25) is 4.79 Å². The Bertz CT molecular complexity index is 1110. The van der Waals surface area contributed by atoms with Crippen molar-refractivity contribution in [3.8, 4) is 11.5 Å². The smallest absolute Gasteiger partial charge is 0.291 e. The zero-order valence-electron chi connectivity index (χ0n) is 18.8. The molecule has 1 aliphatic rings. The molecule has 2 heterocycles. The van der Waals surface area contributed by atoms with E-state index >= 15 is 0 Å². The number of furan rings is 1. The predicted octanol–water partition coefficient (Wildman–Crippen LogP) is 4.92. The van der Waals surface area contributed by atoms with E-state index in [0.29, 0.717) is 23.6 Å². The minimum Gasteiger partial charge on any atom is -0.494 e. The maximum Gasteiger partial charge on any atom is 0.291 e. The number of carbonyl (C=O) groups excluding carboxylic acids is 1. The molecule has 0 unspecified atom stereocenters. The van der Waals surface area contributed by atoms with Crippen LogP contribution in [0.2, 0.25) is 19.1 Å². The van der Waals surface area contributed by atoms with Crippen molar-refractivity contribution in [1.29, 1.82) is 0 Å². The summed E-state index contributed by atoms with van der Waals surface area (Å²) in [6, 6.07) is 15.0. The van der Waals surface area contributed by atoms with E-state index in [-0.39, 0.29) is 11.7 Å². The van der Waals surface area contributed by atoms with Gasteiger partial charge in [0.2, 0.25) is 0 Å². The minimum absolute atomic E-state index is 0.261. The summed E-state index contributed by atoms with van der Waals surface area (Å²) in [7, 11) is 1.78. The lowest BCUT2D eigenvalue weighted by atomic mass is 10.0. The molecule has 1 N–H and O–H groups in total. The fraction of sp³-hybridized carbons (Fsp3) is 0.320. The Morgan fingerprint density at radius 3 is 2.48 bits per heavy atom. The Labute approximate surface area is 184 Å². The third-order valence-corrected chi connectivity index (χ3v) is 9.65. The minimum atomic E-state index is -1.32. The van der Waals surface area contributed by atoms with Crippen molar-refractivity contribution in [2.75, 3.05) is 19.5 Å². The number of carbonyl (C=O) groups is 1. The van der Waals surface area contributed by atoms with Crippen molar-refractivity contribution < 1.29 is 18.7 Å². The normalized spacial score (nSPS) is 14.2. The van der Waals surface area contributed by atoms with E-state index in [1.54, 1.807) is 43.7 Å². The van der Waals surface area contributed by atoms with E-state index in [4.69, 9.17) is 13.9 Å². The van der Waals surface area contributed by atoms with E-state index < -0.39 is 8.07 Å². The van der Waals surface area contributed by atoms with Gasteiger partial charge in [-0.2, -0.15) is 0 Å². The van der Waals surface area contributed by atoms with Gasteiger partial charge in [-0.25, -0.2) is 0 Å². The van der Waals surface area contributed by atoms with Crippen LogP contribution in [-0.2, 0) is 12.8 Å². The molecule has 5 nitrogen and oxygen atoms in total. The molecule has 6 heteroatoms.